The maximum Gasteiger partial charge on any atom is 0.573 e. The van der Waals surface area contributed by atoms with Crippen molar-refractivity contribution in [3.63, 3.8) is 0 Å². The first kappa shape index (κ1) is 18.4. The SMILES string of the molecule is O=C1Cc2cc(-c3c(Cl)cccc3OC(F)(F)F)cc(C(F)(F)F)c2N1. The third kappa shape index (κ3) is 3.57. The molecule has 1 heterocycles. The van der Waals surface area contributed by atoms with Gasteiger partial charge in [0.1, 0.15) is 5.75 Å². The maximum atomic E-state index is 13.3. The molecule has 3 rings (SSSR count). The minimum atomic E-state index is -5.06. The van der Waals surface area contributed by atoms with Gasteiger partial charge in [0, 0.05) is 5.56 Å². The number of hydrogen-bond acceptors (Lipinski definition) is 2. The summed E-state index contributed by atoms with van der Waals surface area (Å²) < 4.78 is 81.7. The molecule has 0 saturated heterocycles. The Kier molecular flexibility index (Phi) is 4.30. The van der Waals surface area contributed by atoms with Crippen LogP contribution in [0.5, 0.6) is 5.75 Å². The Morgan fingerprint density at radius 1 is 1.08 bits per heavy atom. The van der Waals surface area contributed by atoms with Gasteiger partial charge in [0.25, 0.3) is 0 Å². The molecule has 0 bridgehead atoms. The summed E-state index contributed by atoms with van der Waals surface area (Å²) in [6.45, 7) is 0. The first-order chi connectivity index (χ1) is 12.0. The van der Waals surface area contributed by atoms with Crippen molar-refractivity contribution in [3.05, 3.63) is 46.5 Å². The molecule has 2 aromatic carbocycles. The molecule has 0 fully saturated rings. The van der Waals surface area contributed by atoms with Crippen LogP contribution in [-0.2, 0) is 17.4 Å². The van der Waals surface area contributed by atoms with E-state index in [2.05, 4.69) is 10.1 Å². The third-order valence-electron chi connectivity index (χ3n) is 3.63. The van der Waals surface area contributed by atoms with E-state index in [1.165, 1.54) is 18.2 Å². The number of rotatable bonds is 2. The molecule has 2 aromatic rings. The second-order valence-electron chi connectivity index (χ2n) is 5.44. The molecule has 1 N–H and O–H groups in total. The zero-order chi connectivity index (χ0) is 19.3. The van der Waals surface area contributed by atoms with Gasteiger partial charge in [-0.15, -0.1) is 13.2 Å². The summed E-state index contributed by atoms with van der Waals surface area (Å²) in [4.78, 5) is 11.5. The average molecular weight is 396 g/mol. The van der Waals surface area contributed by atoms with Gasteiger partial charge in [-0.05, 0) is 35.4 Å². The lowest BCUT2D eigenvalue weighted by molar-refractivity contribution is -0.274. The van der Waals surface area contributed by atoms with Gasteiger partial charge in [-0.3, -0.25) is 4.79 Å². The molecule has 0 radical (unpaired) electrons. The molecule has 26 heavy (non-hydrogen) atoms. The van der Waals surface area contributed by atoms with E-state index in [0.29, 0.717) is 6.07 Å². The first-order valence-corrected chi connectivity index (χ1v) is 7.42. The average Bonchev–Trinajstić information content (AvgIpc) is 2.83. The number of anilines is 1. The highest BCUT2D eigenvalue weighted by Gasteiger charge is 2.38. The number of alkyl halides is 6. The highest BCUT2D eigenvalue weighted by atomic mass is 35.5. The molecule has 138 valence electrons. The zero-order valence-electron chi connectivity index (χ0n) is 12.6. The van der Waals surface area contributed by atoms with Crippen LogP contribution in [0, 0.1) is 0 Å². The number of ether oxygens (including phenoxy) is 1. The lowest BCUT2D eigenvalue weighted by Crippen LogP contribution is -2.17. The van der Waals surface area contributed by atoms with E-state index in [4.69, 9.17) is 11.6 Å². The lowest BCUT2D eigenvalue weighted by atomic mass is 9.97. The summed E-state index contributed by atoms with van der Waals surface area (Å²) in [5.74, 6) is -1.39. The number of nitrogens with one attached hydrogen (secondary N) is 1. The Bertz CT molecular complexity index is 892. The van der Waals surface area contributed by atoms with Crippen molar-refractivity contribution in [2.24, 2.45) is 0 Å². The molecule has 0 atom stereocenters. The van der Waals surface area contributed by atoms with Crippen LogP contribution in [0.3, 0.4) is 0 Å². The van der Waals surface area contributed by atoms with Crippen LogP contribution in [0.1, 0.15) is 11.1 Å². The topological polar surface area (TPSA) is 38.3 Å². The minimum Gasteiger partial charge on any atom is -0.405 e. The van der Waals surface area contributed by atoms with E-state index in [-0.39, 0.29) is 28.1 Å². The first-order valence-electron chi connectivity index (χ1n) is 7.04. The van der Waals surface area contributed by atoms with E-state index in [1.54, 1.807) is 0 Å². The standard InChI is InChI=1S/C16H8ClF6NO2/c17-10-2-1-3-11(26-16(21,22)23)13(10)7-4-8-6-12(25)24-14(8)9(5-7)15(18,19)20/h1-5H,6H2,(H,24,25). The Morgan fingerprint density at radius 2 is 1.77 bits per heavy atom. The van der Waals surface area contributed by atoms with Crippen LogP contribution >= 0.6 is 11.6 Å². The summed E-state index contributed by atoms with van der Waals surface area (Å²) in [6.07, 6.45) is -10.2. The predicted octanol–water partition coefficient (Wildman–Crippen LogP) is 5.42. The van der Waals surface area contributed by atoms with Crippen LogP contribution in [-0.4, -0.2) is 12.3 Å². The minimum absolute atomic E-state index is 0.0118. The number of hydrogen-bond donors (Lipinski definition) is 1. The fraction of sp³-hybridized carbons (Fsp3) is 0.188. The fourth-order valence-corrected chi connectivity index (χ4v) is 2.98. The Labute approximate surface area is 147 Å². The van der Waals surface area contributed by atoms with Crippen LogP contribution in [0.4, 0.5) is 32.0 Å². The predicted molar refractivity (Wildman–Crippen MR) is 80.9 cm³/mol. The van der Waals surface area contributed by atoms with Gasteiger partial charge in [0.15, 0.2) is 0 Å². The summed E-state index contributed by atoms with van der Waals surface area (Å²) in [6, 6.07) is 5.17. The van der Waals surface area contributed by atoms with Crippen molar-refractivity contribution in [3.8, 4) is 16.9 Å². The quantitative estimate of drug-likeness (QED) is 0.690. The van der Waals surface area contributed by atoms with E-state index < -0.39 is 35.4 Å². The fourth-order valence-electron chi connectivity index (χ4n) is 2.71. The number of amides is 1. The molecule has 0 spiro atoms. The zero-order valence-corrected chi connectivity index (χ0v) is 13.3. The molecule has 0 saturated carbocycles. The molecule has 1 aliphatic rings. The summed E-state index contributed by atoms with van der Waals surface area (Å²) in [5, 5.41) is 1.89. The Balaban J connectivity index is 2.23. The number of carbonyl (C=O) groups excluding carboxylic acids is 1. The van der Waals surface area contributed by atoms with Crippen molar-refractivity contribution < 1.29 is 35.9 Å². The van der Waals surface area contributed by atoms with E-state index in [0.717, 1.165) is 6.07 Å². The molecular formula is C16H8ClF6NO2. The third-order valence-corrected chi connectivity index (χ3v) is 3.95. The number of halogens is 7. The molecule has 0 aromatic heterocycles. The van der Waals surface area contributed by atoms with Crippen molar-refractivity contribution in [2.75, 3.05) is 5.32 Å². The van der Waals surface area contributed by atoms with Crippen molar-refractivity contribution in [2.45, 2.75) is 19.0 Å². The van der Waals surface area contributed by atoms with Crippen LogP contribution in [0.15, 0.2) is 30.3 Å². The molecule has 1 amide bonds. The number of benzene rings is 2. The second kappa shape index (κ2) is 6.08. The molecule has 3 nitrogen and oxygen atoms in total. The summed E-state index contributed by atoms with van der Waals surface area (Å²) in [5.41, 5.74) is -2.15. The van der Waals surface area contributed by atoms with Gasteiger partial charge >= 0.3 is 12.5 Å². The van der Waals surface area contributed by atoms with Gasteiger partial charge in [0.2, 0.25) is 5.91 Å². The van der Waals surface area contributed by atoms with Crippen molar-refractivity contribution in [1.29, 1.82) is 0 Å². The smallest absolute Gasteiger partial charge is 0.405 e. The monoisotopic (exact) mass is 395 g/mol. The maximum absolute atomic E-state index is 13.3. The summed E-state index contributed by atoms with van der Waals surface area (Å²) in [7, 11) is 0. The molecule has 1 aliphatic heterocycles. The highest BCUT2D eigenvalue weighted by molar-refractivity contribution is 6.33. The molecular weight excluding hydrogens is 388 g/mol. The van der Waals surface area contributed by atoms with E-state index >= 15 is 0 Å². The van der Waals surface area contributed by atoms with Crippen molar-refractivity contribution in [1.82, 2.24) is 0 Å². The van der Waals surface area contributed by atoms with Crippen LogP contribution < -0.4 is 10.1 Å². The Hall–Kier alpha value is -2.42. The normalized spacial score (nSPS) is 14.2. The van der Waals surface area contributed by atoms with Crippen molar-refractivity contribution >= 4 is 23.2 Å². The van der Waals surface area contributed by atoms with Gasteiger partial charge in [-0.25, -0.2) is 0 Å². The van der Waals surface area contributed by atoms with Gasteiger partial charge in [0.05, 0.1) is 22.7 Å². The molecule has 0 unspecified atom stereocenters. The van der Waals surface area contributed by atoms with Gasteiger partial charge in [-0.2, -0.15) is 13.2 Å². The number of carbonyl (C=O) groups is 1. The van der Waals surface area contributed by atoms with E-state index in [1.807, 2.05) is 0 Å². The lowest BCUT2D eigenvalue weighted by Gasteiger charge is -2.18. The van der Waals surface area contributed by atoms with Gasteiger partial charge in [-0.1, -0.05) is 17.7 Å². The van der Waals surface area contributed by atoms with Gasteiger partial charge < -0.3 is 10.1 Å². The number of fused-ring (bicyclic) bond motifs is 1. The highest BCUT2D eigenvalue weighted by Crippen LogP contribution is 2.45. The second-order valence-corrected chi connectivity index (χ2v) is 5.85. The molecule has 10 heteroatoms. The summed E-state index contributed by atoms with van der Waals surface area (Å²) >= 11 is 5.93. The largest absolute Gasteiger partial charge is 0.573 e. The Morgan fingerprint density at radius 3 is 2.38 bits per heavy atom. The van der Waals surface area contributed by atoms with Crippen LogP contribution in [0.25, 0.3) is 11.1 Å². The molecule has 0 aliphatic carbocycles. The van der Waals surface area contributed by atoms with Crippen LogP contribution in [0.2, 0.25) is 5.02 Å². The van der Waals surface area contributed by atoms with E-state index in [9.17, 15) is 31.1 Å².